The molecule has 2 rings (SSSR count). The monoisotopic (exact) mass is 560 g/mol. The van der Waals surface area contributed by atoms with Gasteiger partial charge in [0.25, 0.3) is 0 Å². The van der Waals surface area contributed by atoms with Gasteiger partial charge in [-0.05, 0) is 61.6 Å². The molecule has 228 valence electrons. The largest absolute Gasteiger partial charge is 0.461 e. The van der Waals surface area contributed by atoms with Crippen LogP contribution >= 0.6 is 0 Å². The third-order valence-electron chi connectivity index (χ3n) is 8.57. The second-order valence-corrected chi connectivity index (χ2v) is 12.9. The number of hydrogen-bond donors (Lipinski definition) is 0. The zero-order chi connectivity index (χ0) is 29.8. The highest BCUT2D eigenvalue weighted by molar-refractivity contribution is 5.69. The van der Waals surface area contributed by atoms with Crippen LogP contribution in [0.5, 0.6) is 0 Å². The highest BCUT2D eigenvalue weighted by atomic mass is 16.5. The van der Waals surface area contributed by atoms with Crippen molar-refractivity contribution in [3.63, 3.8) is 0 Å². The van der Waals surface area contributed by atoms with Crippen molar-refractivity contribution in [2.24, 2.45) is 5.41 Å². The number of ether oxygens (including phenoxy) is 1. The fourth-order valence-corrected chi connectivity index (χ4v) is 5.84. The molecule has 0 fully saturated rings. The Balaban J connectivity index is 1.57. The summed E-state index contributed by atoms with van der Waals surface area (Å²) < 4.78 is 5.51. The number of benzene rings is 1. The highest BCUT2D eigenvalue weighted by Gasteiger charge is 2.26. The summed E-state index contributed by atoms with van der Waals surface area (Å²) in [4.78, 5) is 12.1. The predicted octanol–water partition coefficient (Wildman–Crippen LogP) is 12.3. The minimum absolute atomic E-state index is 0.0757. The third-order valence-corrected chi connectivity index (χ3v) is 8.57. The molecule has 0 saturated carbocycles. The van der Waals surface area contributed by atoms with E-state index in [4.69, 9.17) is 4.74 Å². The van der Waals surface area contributed by atoms with Gasteiger partial charge in [0.05, 0.1) is 0 Å². The Morgan fingerprint density at radius 3 is 2.02 bits per heavy atom. The Kier molecular flexibility index (Phi) is 17.4. The molecule has 2 nitrogen and oxygen atoms in total. The van der Waals surface area contributed by atoms with E-state index in [2.05, 4.69) is 89.3 Å². The number of carbonyl (C=O) groups excluding carboxylic acids is 1. The van der Waals surface area contributed by atoms with Crippen LogP contribution < -0.4 is 0 Å². The van der Waals surface area contributed by atoms with Gasteiger partial charge in [-0.15, -0.1) is 0 Å². The summed E-state index contributed by atoms with van der Waals surface area (Å²) in [5.74, 6) is -0.0757. The first-order valence-electron chi connectivity index (χ1n) is 16.8. The van der Waals surface area contributed by atoms with Crippen LogP contribution in [0.1, 0.15) is 155 Å². The van der Waals surface area contributed by atoms with Crippen molar-refractivity contribution >= 4 is 12.0 Å². The first-order chi connectivity index (χ1) is 19.8. The molecule has 0 saturated heterocycles. The molecular formula is C39H60O2. The molecule has 0 bridgehead atoms. The molecule has 0 aromatic heterocycles. The van der Waals surface area contributed by atoms with Gasteiger partial charge >= 0.3 is 5.97 Å². The van der Waals surface area contributed by atoms with Crippen LogP contribution in [-0.4, -0.2) is 5.97 Å². The van der Waals surface area contributed by atoms with Gasteiger partial charge in [0.15, 0.2) is 0 Å². The summed E-state index contributed by atoms with van der Waals surface area (Å²) in [5.41, 5.74) is 6.74. The number of allylic oxidation sites excluding steroid dienone is 7. The van der Waals surface area contributed by atoms with Crippen molar-refractivity contribution in [2.75, 3.05) is 0 Å². The number of rotatable bonds is 20. The molecule has 0 amide bonds. The maximum atomic E-state index is 12.1. The first-order valence-corrected chi connectivity index (χ1v) is 16.8. The Morgan fingerprint density at radius 2 is 1.44 bits per heavy atom. The molecule has 1 aliphatic carbocycles. The molecule has 0 unspecified atom stereocenters. The first kappa shape index (κ1) is 34.8. The van der Waals surface area contributed by atoms with E-state index < -0.39 is 0 Å². The van der Waals surface area contributed by atoms with Gasteiger partial charge in [0.1, 0.15) is 6.61 Å². The SMILES string of the molecule is CCCCCCCCCCCCCCCC(=O)OCc1ccc(C=CC=C(C)C=CC2=C(C)CCCC2(C)C)cc1. The van der Waals surface area contributed by atoms with Gasteiger partial charge in [-0.2, -0.15) is 0 Å². The van der Waals surface area contributed by atoms with E-state index in [9.17, 15) is 4.79 Å². The maximum absolute atomic E-state index is 12.1. The Bertz CT molecular complexity index is 987. The van der Waals surface area contributed by atoms with Crippen LogP contribution in [0.25, 0.3) is 6.08 Å². The van der Waals surface area contributed by atoms with E-state index in [-0.39, 0.29) is 11.4 Å². The summed E-state index contributed by atoms with van der Waals surface area (Å²) >= 11 is 0. The maximum Gasteiger partial charge on any atom is 0.306 e. The highest BCUT2D eigenvalue weighted by Crippen LogP contribution is 2.40. The van der Waals surface area contributed by atoms with Gasteiger partial charge in [0.2, 0.25) is 0 Å². The molecular weight excluding hydrogens is 500 g/mol. The van der Waals surface area contributed by atoms with Crippen LogP contribution in [-0.2, 0) is 16.1 Å². The number of unbranched alkanes of at least 4 members (excludes halogenated alkanes) is 12. The van der Waals surface area contributed by atoms with Crippen molar-refractivity contribution in [2.45, 2.75) is 150 Å². The van der Waals surface area contributed by atoms with Crippen LogP contribution in [0.15, 0.2) is 65.3 Å². The molecule has 1 aromatic carbocycles. The fraction of sp³-hybridized carbons (Fsp3) is 0.615. The normalized spacial score (nSPS) is 15.8. The summed E-state index contributed by atoms with van der Waals surface area (Å²) in [6.07, 6.45) is 32.4. The van der Waals surface area contributed by atoms with E-state index in [1.807, 2.05) is 0 Å². The second kappa shape index (κ2) is 20.5. The number of esters is 1. The lowest BCUT2D eigenvalue weighted by Crippen LogP contribution is -2.19. The summed E-state index contributed by atoms with van der Waals surface area (Å²) in [5, 5.41) is 0. The molecule has 1 aliphatic rings. The van der Waals surface area contributed by atoms with Crippen molar-refractivity contribution in [1.82, 2.24) is 0 Å². The van der Waals surface area contributed by atoms with Crippen LogP contribution in [0.3, 0.4) is 0 Å². The average Bonchev–Trinajstić information content (AvgIpc) is 2.94. The molecule has 0 spiro atoms. The quantitative estimate of drug-likeness (QED) is 0.0900. The van der Waals surface area contributed by atoms with E-state index >= 15 is 0 Å². The Hall–Kier alpha value is -2.35. The van der Waals surface area contributed by atoms with E-state index in [1.54, 1.807) is 0 Å². The summed E-state index contributed by atoms with van der Waals surface area (Å²) in [7, 11) is 0. The van der Waals surface area contributed by atoms with Crippen molar-refractivity contribution < 1.29 is 9.53 Å². The molecule has 1 aromatic rings. The van der Waals surface area contributed by atoms with Crippen molar-refractivity contribution in [3.8, 4) is 0 Å². The average molecular weight is 561 g/mol. The Labute approximate surface area is 253 Å². The second-order valence-electron chi connectivity index (χ2n) is 12.9. The lowest BCUT2D eigenvalue weighted by molar-refractivity contribution is -0.145. The van der Waals surface area contributed by atoms with Gasteiger partial charge < -0.3 is 4.74 Å². The van der Waals surface area contributed by atoms with Crippen molar-refractivity contribution in [3.05, 3.63) is 76.4 Å². The minimum atomic E-state index is -0.0757. The molecule has 0 N–H and O–H groups in total. The predicted molar refractivity (Wildman–Crippen MR) is 179 cm³/mol. The Morgan fingerprint density at radius 1 is 0.854 bits per heavy atom. The number of hydrogen-bond acceptors (Lipinski definition) is 2. The van der Waals surface area contributed by atoms with E-state index in [0.29, 0.717) is 13.0 Å². The summed E-state index contributed by atoms with van der Waals surface area (Å²) in [6, 6.07) is 8.28. The van der Waals surface area contributed by atoms with Gasteiger partial charge in [-0.3, -0.25) is 4.79 Å². The van der Waals surface area contributed by atoms with Gasteiger partial charge in [-0.1, -0.05) is 164 Å². The van der Waals surface area contributed by atoms with Gasteiger partial charge in [0, 0.05) is 6.42 Å². The van der Waals surface area contributed by atoms with Crippen LogP contribution in [0.4, 0.5) is 0 Å². The third kappa shape index (κ3) is 15.5. The standard InChI is InChI=1S/C39H60O2/c1-6-7-8-9-10-11-12-13-14-15-16-17-18-24-38(40)41-32-36-28-26-35(27-29-36)23-19-21-33(2)25-30-37-34(3)22-20-31-39(37,4)5/h19,21,23,25-30H,6-18,20,22,24,31-32H2,1-5H3. The minimum Gasteiger partial charge on any atom is -0.461 e. The lowest BCUT2D eigenvalue weighted by atomic mass is 9.72. The van der Waals surface area contributed by atoms with Gasteiger partial charge in [-0.25, -0.2) is 0 Å². The zero-order valence-electron chi connectivity index (χ0n) is 27.2. The van der Waals surface area contributed by atoms with E-state index in [0.717, 1.165) is 24.0 Å². The zero-order valence-corrected chi connectivity index (χ0v) is 27.2. The fourth-order valence-electron chi connectivity index (χ4n) is 5.84. The summed E-state index contributed by atoms with van der Waals surface area (Å²) in [6.45, 7) is 11.8. The number of carbonyl (C=O) groups is 1. The van der Waals surface area contributed by atoms with E-state index in [1.165, 1.54) is 107 Å². The smallest absolute Gasteiger partial charge is 0.306 e. The van der Waals surface area contributed by atoms with Crippen molar-refractivity contribution in [1.29, 1.82) is 0 Å². The topological polar surface area (TPSA) is 26.3 Å². The van der Waals surface area contributed by atoms with Crippen LogP contribution in [0.2, 0.25) is 0 Å². The molecule has 41 heavy (non-hydrogen) atoms. The molecule has 2 heteroatoms. The molecule has 0 aliphatic heterocycles. The molecule has 0 heterocycles. The lowest BCUT2D eigenvalue weighted by Gasteiger charge is -2.32. The molecule has 0 radical (unpaired) electrons. The molecule has 0 atom stereocenters. The van der Waals surface area contributed by atoms with Crippen LogP contribution in [0, 0.1) is 5.41 Å².